The predicted octanol–water partition coefficient (Wildman–Crippen LogP) is 17.2. The van der Waals surface area contributed by atoms with E-state index in [9.17, 15) is 1.37 Å². The molecule has 0 saturated heterocycles. The molecule has 0 unspecified atom stereocenters. The summed E-state index contributed by atoms with van der Waals surface area (Å²) in [5.41, 5.74) is 12.7. The molecule has 0 spiro atoms. The zero-order chi connectivity index (χ0) is 57.3. The van der Waals surface area contributed by atoms with E-state index < -0.39 is 27.1 Å². The normalized spacial score (nSPS) is 14.8. The van der Waals surface area contributed by atoms with Gasteiger partial charge < -0.3 is 23.7 Å². The van der Waals surface area contributed by atoms with Crippen LogP contribution in [0, 0.1) is 18.8 Å². The zero-order valence-corrected chi connectivity index (χ0v) is 47.5. The molecule has 378 valence electrons. The number of hydrogen-bond donors (Lipinski definition) is 0. The topological polar surface area (TPSA) is 38.5 Å². The quantitative estimate of drug-likeness (QED) is 0.112. The average Bonchev–Trinajstić information content (AvgIpc) is 4.28. The van der Waals surface area contributed by atoms with E-state index in [-0.39, 0.29) is 77.5 Å². The third-order valence-corrected chi connectivity index (χ3v) is 15.9. The summed E-state index contributed by atoms with van der Waals surface area (Å²) in [6.45, 7) is 27.5. The van der Waals surface area contributed by atoms with Crippen LogP contribution >= 0.6 is 0 Å². The Kier molecular flexibility index (Phi) is 10.7. The summed E-state index contributed by atoms with van der Waals surface area (Å²) in [6, 6.07) is 50.5. The van der Waals surface area contributed by atoms with Crippen LogP contribution < -0.4 is 19.7 Å². The molecule has 74 heavy (non-hydrogen) atoms. The molecule has 8 heteroatoms. The number of ether oxygens (including phenoxy) is 1. The molecule has 2 aromatic heterocycles. The molecule has 6 nitrogen and oxygen atoms in total. The van der Waals surface area contributed by atoms with E-state index >= 15 is 0 Å². The van der Waals surface area contributed by atoms with Gasteiger partial charge in [0.1, 0.15) is 0 Å². The Balaban J connectivity index is 0.00000736. The van der Waals surface area contributed by atoms with Crippen molar-refractivity contribution in [3.05, 3.63) is 193 Å². The number of fused-ring (bicyclic) bond motifs is 5. The van der Waals surface area contributed by atoms with Crippen LogP contribution in [0.5, 0.6) is 11.5 Å². The van der Waals surface area contributed by atoms with Gasteiger partial charge >= 0.3 is 0 Å². The fourth-order valence-corrected chi connectivity index (χ4v) is 11.9. The standard InChI is InChI=1S/C66H66N5OSi.Pt/c1-64(2,3)59-57(43-26-16-14-17-27-43)62(58(44-28-18-15-19-29-44)60(65(4,5)6)61(59)66(7,8)9)70-42-69(54-34-24-25-35-55(54)70)45-38-47(40-48(39-45)73(11,12)13)72-46-36-37-50-49-30-20-22-32-52(49)71(56(50)41-46)63-67-51-31-21-23-33-53(51)68(63)10;/h14-37,39-40,42H,1-13H3;/q-3;/i10D3,20D,22D,30D,32D;. The van der Waals surface area contributed by atoms with E-state index in [0.29, 0.717) is 22.2 Å². The number of anilines is 4. The van der Waals surface area contributed by atoms with E-state index in [2.05, 4.69) is 202 Å². The second-order valence-corrected chi connectivity index (χ2v) is 28.5. The van der Waals surface area contributed by atoms with E-state index in [0.717, 1.165) is 43.6 Å². The first-order valence-corrected chi connectivity index (χ1v) is 28.6. The summed E-state index contributed by atoms with van der Waals surface area (Å²) < 4.78 is 71.4. The summed E-state index contributed by atoms with van der Waals surface area (Å²) >= 11 is 0. The van der Waals surface area contributed by atoms with Crippen LogP contribution in [0.3, 0.4) is 0 Å². The monoisotopic (exact) mass is 1170 g/mol. The summed E-state index contributed by atoms with van der Waals surface area (Å²) in [4.78, 5) is 9.44. The van der Waals surface area contributed by atoms with Crippen molar-refractivity contribution in [1.82, 2.24) is 14.1 Å². The van der Waals surface area contributed by atoms with Crippen molar-refractivity contribution in [3.63, 3.8) is 0 Å². The summed E-state index contributed by atoms with van der Waals surface area (Å²) in [5, 5.41) is 1.76. The second-order valence-electron chi connectivity index (χ2n) is 23.4. The molecule has 10 aromatic rings. The smallest absolute Gasteiger partial charge is 0.213 e. The molecule has 8 aromatic carbocycles. The first-order valence-electron chi connectivity index (χ1n) is 28.6. The van der Waals surface area contributed by atoms with E-state index in [1.807, 2.05) is 6.07 Å². The van der Waals surface area contributed by atoms with Gasteiger partial charge in [0.25, 0.3) is 0 Å². The number of aromatic nitrogens is 3. The van der Waals surface area contributed by atoms with Gasteiger partial charge in [-0.25, -0.2) is 4.98 Å². The minimum atomic E-state index is -2.72. The van der Waals surface area contributed by atoms with Crippen LogP contribution in [0.4, 0.5) is 22.7 Å². The van der Waals surface area contributed by atoms with Gasteiger partial charge in [0.2, 0.25) is 5.95 Å². The maximum atomic E-state index is 9.22. The van der Waals surface area contributed by atoms with Crippen molar-refractivity contribution in [2.24, 2.45) is 6.98 Å². The SMILES string of the molecule is [2H]c1c([2H])c([2H])c2c(c1[2H])c1ccc(Oc3[c-]c(N4[CH-]N(c5c(-c6ccccc6)c(C(C)(C)C)c(C(C)(C)C)c(C(C)(C)C)c5-c5ccccc5)c5ccccc54)cc([Si](C)(C)C)c3)[c-]c1n2-c1nc2ccccc2n1C([2H])([2H])[2H].[Pt]. The van der Waals surface area contributed by atoms with Gasteiger partial charge in [-0.15, -0.1) is 42.0 Å². The first-order chi connectivity index (χ1) is 37.6. The number of para-hydroxylation sites is 5. The van der Waals surface area contributed by atoms with Crippen LogP contribution in [0.25, 0.3) is 61.0 Å². The minimum Gasteiger partial charge on any atom is -0.509 e. The van der Waals surface area contributed by atoms with Gasteiger partial charge in [0.15, 0.2) is 0 Å². The molecule has 0 fully saturated rings. The van der Waals surface area contributed by atoms with Crippen LogP contribution in [-0.2, 0) is 44.3 Å². The number of rotatable bonds is 8. The molecule has 0 atom stereocenters. The van der Waals surface area contributed by atoms with Gasteiger partial charge in [0, 0.05) is 77.4 Å². The van der Waals surface area contributed by atoms with E-state index in [4.69, 9.17) is 17.9 Å². The average molecular weight is 1180 g/mol. The van der Waals surface area contributed by atoms with Crippen LogP contribution in [0.1, 0.15) is 88.6 Å². The zero-order valence-electron chi connectivity index (χ0n) is 51.2. The Morgan fingerprint density at radius 1 is 0.595 bits per heavy atom. The Morgan fingerprint density at radius 3 is 1.76 bits per heavy atom. The summed E-state index contributed by atoms with van der Waals surface area (Å²) in [6.07, 6.45) is 0. The molecule has 1 aliphatic rings. The summed E-state index contributed by atoms with van der Waals surface area (Å²) in [5.74, 6) is 0.644. The molecular weight excluding hydrogens is 1100 g/mol. The number of benzene rings is 8. The maximum absolute atomic E-state index is 9.22. The summed E-state index contributed by atoms with van der Waals surface area (Å²) in [7, 11) is -2.12. The van der Waals surface area contributed by atoms with Gasteiger partial charge in [-0.2, -0.15) is 17.3 Å². The van der Waals surface area contributed by atoms with Crippen molar-refractivity contribution in [2.75, 3.05) is 9.80 Å². The number of hydrogen-bond acceptors (Lipinski definition) is 4. The van der Waals surface area contributed by atoms with E-state index in [1.54, 1.807) is 36.4 Å². The van der Waals surface area contributed by atoms with Crippen molar-refractivity contribution in [3.8, 4) is 39.7 Å². The third kappa shape index (κ3) is 8.80. The molecule has 1 aliphatic heterocycles. The van der Waals surface area contributed by atoms with Gasteiger partial charge in [-0.3, -0.25) is 0 Å². The van der Waals surface area contributed by atoms with Crippen molar-refractivity contribution >= 4 is 68.8 Å². The molecule has 0 saturated carbocycles. The van der Waals surface area contributed by atoms with Crippen LogP contribution in [0.15, 0.2) is 158 Å². The molecule has 11 rings (SSSR count). The number of nitrogens with zero attached hydrogens (tertiary/aromatic N) is 5. The Labute approximate surface area is 463 Å². The third-order valence-electron chi connectivity index (χ3n) is 13.9. The first kappa shape index (κ1) is 42.7. The minimum absolute atomic E-state index is 0. The molecule has 3 heterocycles. The van der Waals surface area contributed by atoms with Crippen molar-refractivity contribution < 1.29 is 35.4 Å². The van der Waals surface area contributed by atoms with Gasteiger partial charge in [0.05, 0.1) is 24.6 Å². The molecule has 0 amide bonds. The Morgan fingerprint density at radius 2 is 1.16 bits per heavy atom. The molecule has 0 aliphatic carbocycles. The molecular formula is C66H66N5OPtSi-3. The fourth-order valence-electron chi connectivity index (χ4n) is 10.8. The van der Waals surface area contributed by atoms with Crippen LogP contribution in [0.2, 0.25) is 19.6 Å². The van der Waals surface area contributed by atoms with Gasteiger partial charge in [-0.1, -0.05) is 191 Å². The predicted molar refractivity (Wildman–Crippen MR) is 311 cm³/mol. The number of aryl methyl sites for hydroxylation is 1. The molecule has 0 radical (unpaired) electrons. The van der Waals surface area contributed by atoms with Gasteiger partial charge in [-0.05, 0) is 79.8 Å². The molecule has 0 N–H and O–H groups in total. The second kappa shape index (κ2) is 18.6. The maximum Gasteiger partial charge on any atom is 0.213 e. The van der Waals surface area contributed by atoms with E-state index in [1.165, 1.54) is 32.4 Å². The van der Waals surface area contributed by atoms with Crippen molar-refractivity contribution in [1.29, 1.82) is 0 Å². The number of imidazole rings is 1. The largest absolute Gasteiger partial charge is 0.509 e. The fraction of sp³-hybridized carbons (Fsp3) is 0.242. The Hall–Kier alpha value is -6.66. The van der Waals surface area contributed by atoms with Crippen molar-refractivity contribution in [2.45, 2.75) is 98.2 Å². The van der Waals surface area contributed by atoms with Crippen LogP contribution in [-0.4, -0.2) is 22.2 Å². The molecule has 0 bridgehead atoms. The Bertz CT molecular complexity index is 4030.